The summed E-state index contributed by atoms with van der Waals surface area (Å²) in [4.78, 5) is 26.1. The van der Waals surface area contributed by atoms with Crippen molar-refractivity contribution in [3.8, 4) is 0 Å². The van der Waals surface area contributed by atoms with Crippen LogP contribution in [0.15, 0.2) is 60.7 Å². The number of primary amides is 1. The van der Waals surface area contributed by atoms with E-state index in [1.807, 2.05) is 60.7 Å². The van der Waals surface area contributed by atoms with Gasteiger partial charge in [0.2, 0.25) is 5.91 Å². The highest BCUT2D eigenvalue weighted by Crippen LogP contribution is 2.28. The van der Waals surface area contributed by atoms with Gasteiger partial charge in [-0.3, -0.25) is 9.59 Å². The van der Waals surface area contributed by atoms with E-state index in [0.29, 0.717) is 18.8 Å². The third-order valence-corrected chi connectivity index (χ3v) is 5.26. The van der Waals surface area contributed by atoms with Gasteiger partial charge in [0.15, 0.2) is 0 Å². The topological polar surface area (TPSA) is 75.4 Å². The van der Waals surface area contributed by atoms with Gasteiger partial charge in [0, 0.05) is 18.8 Å². The van der Waals surface area contributed by atoms with Gasteiger partial charge in [-0.2, -0.15) is 0 Å². The number of thioether (sulfide) groups is 1. The minimum atomic E-state index is -0.581. The van der Waals surface area contributed by atoms with E-state index in [1.54, 1.807) is 4.90 Å². The molecular weight excluding hydrogens is 370 g/mol. The Morgan fingerprint density at radius 2 is 1.69 bits per heavy atom. The summed E-state index contributed by atoms with van der Waals surface area (Å²) in [6.45, 7) is 1.01. The number of nitrogens with two attached hydrogens (primary N) is 1. The maximum absolute atomic E-state index is 12.3. The Morgan fingerprint density at radius 1 is 1.12 bits per heavy atom. The van der Waals surface area contributed by atoms with Gasteiger partial charge in [-0.1, -0.05) is 72.4 Å². The molecule has 0 unspecified atom stereocenters. The number of nitrogens with zero attached hydrogens (tertiary/aromatic N) is 1. The van der Waals surface area contributed by atoms with Crippen LogP contribution >= 0.6 is 24.2 Å². The Morgan fingerprint density at radius 3 is 2.27 bits per heavy atom. The molecule has 1 fully saturated rings. The molecule has 2 amide bonds. The number of carbonyl (C=O) groups is 2. The van der Waals surface area contributed by atoms with Crippen LogP contribution in [-0.4, -0.2) is 33.9 Å². The van der Waals surface area contributed by atoms with E-state index in [2.05, 4.69) is 5.32 Å². The zero-order valence-electron chi connectivity index (χ0n) is 14.2. The Hall–Kier alpha value is -2.02. The van der Waals surface area contributed by atoms with E-state index in [1.165, 1.54) is 11.8 Å². The Labute approximate surface area is 163 Å². The molecule has 5 nitrogen and oxygen atoms in total. The quantitative estimate of drug-likeness (QED) is 0.761. The van der Waals surface area contributed by atoms with Crippen molar-refractivity contribution in [2.75, 3.05) is 5.75 Å². The van der Waals surface area contributed by atoms with Crippen LogP contribution in [-0.2, 0) is 17.9 Å². The highest BCUT2D eigenvalue weighted by Gasteiger charge is 2.39. The van der Waals surface area contributed by atoms with Crippen LogP contribution in [0.2, 0.25) is 0 Å². The molecule has 1 saturated heterocycles. The number of hydrogen-bond acceptors (Lipinski definition) is 4. The van der Waals surface area contributed by atoms with E-state index in [4.69, 9.17) is 5.73 Å². The lowest BCUT2D eigenvalue weighted by Gasteiger charge is -2.30. The second-order valence-corrected chi connectivity index (χ2v) is 6.98. The molecule has 0 aromatic heterocycles. The van der Waals surface area contributed by atoms with Crippen LogP contribution in [0.5, 0.6) is 0 Å². The van der Waals surface area contributed by atoms with Crippen molar-refractivity contribution >= 4 is 35.3 Å². The first kappa shape index (κ1) is 20.3. The monoisotopic (exact) mass is 391 g/mol. The molecule has 0 spiro atoms. The molecule has 2 atom stereocenters. The largest absolute Gasteiger partial charge is 0.368 e. The molecule has 0 aliphatic carbocycles. The fourth-order valence-electron chi connectivity index (χ4n) is 2.95. The molecule has 1 aliphatic rings. The van der Waals surface area contributed by atoms with Gasteiger partial charge in [-0.25, -0.2) is 0 Å². The fraction of sp³-hybridized carbons (Fsp3) is 0.263. The Kier molecular flexibility index (Phi) is 7.50. The van der Waals surface area contributed by atoms with Crippen molar-refractivity contribution in [3.05, 3.63) is 71.8 Å². The van der Waals surface area contributed by atoms with Gasteiger partial charge in [0.05, 0.1) is 6.04 Å². The molecule has 138 valence electrons. The molecule has 2 aromatic carbocycles. The van der Waals surface area contributed by atoms with Crippen LogP contribution in [0, 0.1) is 0 Å². The molecule has 3 N–H and O–H groups in total. The highest BCUT2D eigenvalue weighted by atomic mass is 35.5. The van der Waals surface area contributed by atoms with E-state index < -0.39 is 11.9 Å². The molecule has 1 heterocycles. The van der Waals surface area contributed by atoms with Crippen molar-refractivity contribution in [3.63, 3.8) is 0 Å². The van der Waals surface area contributed by atoms with Gasteiger partial charge < -0.3 is 16.0 Å². The zero-order chi connectivity index (χ0) is 17.6. The maximum Gasteiger partial charge on any atom is 0.282 e. The van der Waals surface area contributed by atoms with E-state index in [9.17, 15) is 9.59 Å². The molecule has 0 saturated carbocycles. The first-order chi connectivity index (χ1) is 12.1. The summed E-state index contributed by atoms with van der Waals surface area (Å²) >= 11 is 1.24. The first-order valence-electron chi connectivity index (χ1n) is 8.19. The average Bonchev–Trinajstić information content (AvgIpc) is 2.97. The second kappa shape index (κ2) is 9.62. The SMILES string of the molecule is Cl.NC(=O)[C@@H](NCc1ccccc1)[C@@H]1CSC(=O)N1Cc1ccccc1. The molecule has 7 heteroatoms. The number of amides is 2. The zero-order valence-corrected chi connectivity index (χ0v) is 15.8. The van der Waals surface area contributed by atoms with Crippen molar-refractivity contribution in [1.29, 1.82) is 0 Å². The van der Waals surface area contributed by atoms with Crippen molar-refractivity contribution < 1.29 is 9.59 Å². The number of carbonyl (C=O) groups excluding carboxylic acids is 2. The third kappa shape index (κ3) is 5.00. The Bertz CT molecular complexity index is 730. The van der Waals surface area contributed by atoms with Crippen molar-refractivity contribution in [2.45, 2.75) is 25.2 Å². The summed E-state index contributed by atoms with van der Waals surface area (Å²) in [5.41, 5.74) is 7.74. The summed E-state index contributed by atoms with van der Waals surface area (Å²) in [6, 6.07) is 18.8. The van der Waals surface area contributed by atoms with Crippen molar-refractivity contribution in [2.24, 2.45) is 5.73 Å². The van der Waals surface area contributed by atoms with Gasteiger partial charge in [-0.05, 0) is 11.1 Å². The normalized spacial score (nSPS) is 17.6. The fourth-order valence-corrected chi connectivity index (χ4v) is 4.00. The molecule has 2 aromatic rings. The summed E-state index contributed by atoms with van der Waals surface area (Å²) in [5, 5.41) is 3.22. The van der Waals surface area contributed by atoms with Crippen LogP contribution in [0.4, 0.5) is 4.79 Å². The summed E-state index contributed by atoms with van der Waals surface area (Å²) in [5.74, 6) is 0.121. The van der Waals surface area contributed by atoms with Gasteiger partial charge in [0.25, 0.3) is 5.24 Å². The lowest BCUT2D eigenvalue weighted by Crippen LogP contribution is -2.55. The smallest absolute Gasteiger partial charge is 0.282 e. The summed E-state index contributed by atoms with van der Waals surface area (Å²) in [7, 11) is 0. The predicted octanol–water partition coefficient (Wildman–Crippen LogP) is 2.79. The standard InChI is InChI=1S/C19H21N3O2S.ClH/c20-18(23)17(21-11-14-7-3-1-4-8-14)16-13-25-19(24)22(16)12-15-9-5-2-6-10-15;/h1-10,16-17,21H,11-13H2,(H2,20,23);1H/t16-,17-;/m0./s1. The summed E-state index contributed by atoms with van der Waals surface area (Å²) in [6.07, 6.45) is 0. The van der Waals surface area contributed by atoms with Gasteiger partial charge in [0.1, 0.15) is 6.04 Å². The minimum Gasteiger partial charge on any atom is -0.368 e. The minimum absolute atomic E-state index is 0. The van der Waals surface area contributed by atoms with Crippen molar-refractivity contribution in [1.82, 2.24) is 10.2 Å². The van der Waals surface area contributed by atoms with Crippen LogP contribution in [0.1, 0.15) is 11.1 Å². The molecule has 1 aliphatic heterocycles. The molecule has 0 bridgehead atoms. The lowest BCUT2D eigenvalue weighted by molar-refractivity contribution is -0.121. The molecule has 3 rings (SSSR count). The number of rotatable bonds is 7. The maximum atomic E-state index is 12.3. The van der Waals surface area contributed by atoms with E-state index in [0.717, 1.165) is 11.1 Å². The van der Waals surface area contributed by atoms with Gasteiger partial charge >= 0.3 is 0 Å². The Balaban J connectivity index is 0.00000243. The van der Waals surface area contributed by atoms with E-state index >= 15 is 0 Å². The second-order valence-electron chi connectivity index (χ2n) is 6.00. The number of benzene rings is 2. The number of nitrogens with one attached hydrogen (secondary N) is 1. The number of hydrogen-bond donors (Lipinski definition) is 2. The van der Waals surface area contributed by atoms with Gasteiger partial charge in [-0.15, -0.1) is 12.4 Å². The van der Waals surface area contributed by atoms with Crippen LogP contribution in [0.3, 0.4) is 0 Å². The highest BCUT2D eigenvalue weighted by molar-refractivity contribution is 8.13. The predicted molar refractivity (Wildman–Crippen MR) is 107 cm³/mol. The third-order valence-electron chi connectivity index (χ3n) is 4.27. The number of halogens is 1. The van der Waals surface area contributed by atoms with Crippen LogP contribution in [0.25, 0.3) is 0 Å². The summed E-state index contributed by atoms with van der Waals surface area (Å²) < 4.78 is 0. The first-order valence-corrected chi connectivity index (χ1v) is 9.17. The molecular formula is C19H22ClN3O2S. The molecule has 0 radical (unpaired) electrons. The molecule has 26 heavy (non-hydrogen) atoms. The lowest BCUT2D eigenvalue weighted by atomic mass is 10.1. The average molecular weight is 392 g/mol. The van der Waals surface area contributed by atoms with E-state index in [-0.39, 0.29) is 23.7 Å². The van der Waals surface area contributed by atoms with Crippen LogP contribution < -0.4 is 11.1 Å².